The van der Waals surface area contributed by atoms with Gasteiger partial charge < -0.3 is 9.67 Å². The van der Waals surface area contributed by atoms with Crippen LogP contribution in [0.4, 0.5) is 0 Å². The van der Waals surface area contributed by atoms with Gasteiger partial charge in [-0.3, -0.25) is 0 Å². The Morgan fingerprint density at radius 1 is 1.44 bits per heavy atom. The number of rotatable bonds is 3. The first-order valence-corrected chi connectivity index (χ1v) is 4.94. The Morgan fingerprint density at radius 2 is 2.25 bits per heavy atom. The van der Waals surface area contributed by atoms with Gasteiger partial charge in [-0.25, -0.2) is 14.8 Å². The summed E-state index contributed by atoms with van der Waals surface area (Å²) in [5, 5.41) is 8.73. The maximum atomic E-state index is 10.6. The summed E-state index contributed by atoms with van der Waals surface area (Å²) in [5.74, 6) is -0.0993. The molecular weight excluding hydrogens is 206 g/mol. The molecule has 2 rings (SSSR count). The standard InChI is InChI=1S/C11H11N3O2/c1-2-10-12-5-6-14(10)8-3-4-9(11(15)16)13-7-8/h3-7H,2H2,1H3,(H,15,16). The van der Waals surface area contributed by atoms with Crippen molar-refractivity contribution < 1.29 is 9.90 Å². The SMILES string of the molecule is CCc1nccn1-c1ccc(C(=O)O)nc1. The van der Waals surface area contributed by atoms with Gasteiger partial charge >= 0.3 is 5.97 Å². The van der Waals surface area contributed by atoms with Crippen molar-refractivity contribution in [3.63, 3.8) is 0 Å². The van der Waals surface area contributed by atoms with Crippen LogP contribution >= 0.6 is 0 Å². The monoisotopic (exact) mass is 217 g/mol. The summed E-state index contributed by atoms with van der Waals surface area (Å²) in [7, 11) is 0. The molecule has 0 aliphatic rings. The van der Waals surface area contributed by atoms with Gasteiger partial charge in [0.2, 0.25) is 0 Å². The van der Waals surface area contributed by atoms with Gasteiger partial charge in [-0.05, 0) is 12.1 Å². The van der Waals surface area contributed by atoms with E-state index in [-0.39, 0.29) is 5.69 Å². The van der Waals surface area contributed by atoms with Gasteiger partial charge in [-0.15, -0.1) is 0 Å². The number of nitrogens with zero attached hydrogens (tertiary/aromatic N) is 3. The van der Waals surface area contributed by atoms with Crippen LogP contribution in [0.2, 0.25) is 0 Å². The zero-order valence-corrected chi connectivity index (χ0v) is 8.79. The fourth-order valence-electron chi connectivity index (χ4n) is 1.49. The largest absolute Gasteiger partial charge is 0.477 e. The Balaban J connectivity index is 2.38. The predicted molar refractivity (Wildman–Crippen MR) is 57.7 cm³/mol. The minimum Gasteiger partial charge on any atom is -0.477 e. The number of hydrogen-bond acceptors (Lipinski definition) is 3. The van der Waals surface area contributed by atoms with Crippen molar-refractivity contribution in [2.24, 2.45) is 0 Å². The normalized spacial score (nSPS) is 10.3. The Hall–Kier alpha value is -2.17. The first kappa shape index (κ1) is 10.4. The molecule has 5 nitrogen and oxygen atoms in total. The van der Waals surface area contributed by atoms with Crippen LogP contribution in [0.1, 0.15) is 23.2 Å². The molecule has 0 fully saturated rings. The van der Waals surface area contributed by atoms with Gasteiger partial charge in [-0.2, -0.15) is 0 Å². The molecule has 1 N–H and O–H groups in total. The average molecular weight is 217 g/mol. The molecule has 0 saturated carbocycles. The number of aryl methyl sites for hydroxylation is 1. The molecule has 0 radical (unpaired) electrons. The third-order valence-corrected chi connectivity index (χ3v) is 2.28. The predicted octanol–water partition coefficient (Wildman–Crippen LogP) is 1.53. The number of carbonyl (C=O) groups is 1. The lowest BCUT2D eigenvalue weighted by Crippen LogP contribution is -2.03. The van der Waals surface area contributed by atoms with Crippen molar-refractivity contribution in [3.8, 4) is 5.69 Å². The molecule has 0 spiro atoms. The smallest absolute Gasteiger partial charge is 0.354 e. The molecule has 16 heavy (non-hydrogen) atoms. The van der Waals surface area contributed by atoms with Crippen LogP contribution in [-0.4, -0.2) is 25.6 Å². The summed E-state index contributed by atoms with van der Waals surface area (Å²) in [6.07, 6.45) is 5.89. The second-order valence-electron chi connectivity index (χ2n) is 3.27. The summed E-state index contributed by atoms with van der Waals surface area (Å²) in [6, 6.07) is 3.20. The van der Waals surface area contributed by atoms with Crippen LogP contribution < -0.4 is 0 Å². The molecule has 0 bridgehead atoms. The minimum absolute atomic E-state index is 0.0434. The number of imidazole rings is 1. The molecule has 0 saturated heterocycles. The summed E-state index contributed by atoms with van der Waals surface area (Å²) in [4.78, 5) is 18.7. The quantitative estimate of drug-likeness (QED) is 0.846. The van der Waals surface area contributed by atoms with E-state index in [1.807, 2.05) is 17.7 Å². The molecule has 0 aliphatic carbocycles. The van der Waals surface area contributed by atoms with Crippen LogP contribution in [0.25, 0.3) is 5.69 Å². The molecule has 2 heterocycles. The molecule has 2 aromatic rings. The van der Waals surface area contributed by atoms with E-state index >= 15 is 0 Å². The lowest BCUT2D eigenvalue weighted by molar-refractivity contribution is 0.0690. The number of carboxylic acids is 1. The Labute approximate surface area is 92.4 Å². The number of pyridine rings is 1. The maximum Gasteiger partial charge on any atom is 0.354 e. The molecule has 0 unspecified atom stereocenters. The molecule has 0 atom stereocenters. The Kier molecular flexibility index (Phi) is 2.68. The summed E-state index contributed by atoms with van der Waals surface area (Å²) < 4.78 is 1.89. The average Bonchev–Trinajstić information content (AvgIpc) is 2.77. The third kappa shape index (κ3) is 1.79. The van der Waals surface area contributed by atoms with Gasteiger partial charge in [0.25, 0.3) is 0 Å². The Morgan fingerprint density at radius 3 is 2.81 bits per heavy atom. The second-order valence-corrected chi connectivity index (χ2v) is 3.27. The third-order valence-electron chi connectivity index (χ3n) is 2.28. The highest BCUT2D eigenvalue weighted by Gasteiger charge is 2.06. The molecule has 5 heteroatoms. The maximum absolute atomic E-state index is 10.6. The van der Waals surface area contributed by atoms with E-state index in [2.05, 4.69) is 9.97 Å². The Bertz CT molecular complexity index is 502. The second kappa shape index (κ2) is 4.14. The van der Waals surface area contributed by atoms with E-state index in [1.165, 1.54) is 12.3 Å². The highest BCUT2D eigenvalue weighted by atomic mass is 16.4. The van der Waals surface area contributed by atoms with Gasteiger partial charge in [0.1, 0.15) is 11.5 Å². The summed E-state index contributed by atoms with van der Waals surface area (Å²) in [5.41, 5.74) is 0.862. The summed E-state index contributed by atoms with van der Waals surface area (Å²) in [6.45, 7) is 2.01. The van der Waals surface area contributed by atoms with Crippen LogP contribution in [-0.2, 0) is 6.42 Å². The molecule has 2 aromatic heterocycles. The zero-order chi connectivity index (χ0) is 11.5. The highest BCUT2D eigenvalue weighted by Crippen LogP contribution is 2.10. The fraction of sp³-hybridized carbons (Fsp3) is 0.182. The van der Waals surface area contributed by atoms with E-state index in [4.69, 9.17) is 5.11 Å². The number of carboxylic acid groups (broad SMARTS) is 1. The van der Waals surface area contributed by atoms with Crippen molar-refractivity contribution in [2.45, 2.75) is 13.3 Å². The van der Waals surface area contributed by atoms with E-state index in [9.17, 15) is 4.79 Å². The van der Waals surface area contributed by atoms with Gasteiger partial charge in [0.15, 0.2) is 0 Å². The van der Waals surface area contributed by atoms with E-state index in [0.29, 0.717) is 0 Å². The lowest BCUT2D eigenvalue weighted by atomic mass is 10.3. The molecule has 0 aromatic carbocycles. The number of aromatic nitrogens is 3. The molecule has 0 aliphatic heterocycles. The summed E-state index contributed by atoms with van der Waals surface area (Å²) >= 11 is 0. The van der Waals surface area contributed by atoms with Crippen molar-refractivity contribution in [2.75, 3.05) is 0 Å². The fourth-order valence-corrected chi connectivity index (χ4v) is 1.49. The minimum atomic E-state index is -1.02. The molecule has 82 valence electrons. The van der Waals surface area contributed by atoms with Crippen LogP contribution in [0, 0.1) is 0 Å². The van der Waals surface area contributed by atoms with Gasteiger partial charge in [-0.1, -0.05) is 6.92 Å². The van der Waals surface area contributed by atoms with Crippen LogP contribution in [0.15, 0.2) is 30.7 Å². The van der Waals surface area contributed by atoms with E-state index in [1.54, 1.807) is 12.3 Å². The van der Waals surface area contributed by atoms with Crippen LogP contribution in [0.5, 0.6) is 0 Å². The van der Waals surface area contributed by atoms with Crippen molar-refractivity contribution in [3.05, 3.63) is 42.2 Å². The number of aromatic carboxylic acids is 1. The van der Waals surface area contributed by atoms with Gasteiger partial charge in [0.05, 0.1) is 11.9 Å². The van der Waals surface area contributed by atoms with Gasteiger partial charge in [0, 0.05) is 18.8 Å². The van der Waals surface area contributed by atoms with E-state index < -0.39 is 5.97 Å². The van der Waals surface area contributed by atoms with Crippen molar-refractivity contribution in [1.29, 1.82) is 0 Å². The zero-order valence-electron chi connectivity index (χ0n) is 8.79. The first-order valence-electron chi connectivity index (χ1n) is 4.94. The molecule has 0 amide bonds. The van der Waals surface area contributed by atoms with Crippen molar-refractivity contribution in [1.82, 2.24) is 14.5 Å². The van der Waals surface area contributed by atoms with Crippen LogP contribution in [0.3, 0.4) is 0 Å². The lowest BCUT2D eigenvalue weighted by Gasteiger charge is -2.05. The topological polar surface area (TPSA) is 68.0 Å². The number of hydrogen-bond donors (Lipinski definition) is 1. The van der Waals surface area contributed by atoms with Crippen molar-refractivity contribution >= 4 is 5.97 Å². The van der Waals surface area contributed by atoms with E-state index in [0.717, 1.165) is 17.9 Å². The molecular formula is C11H11N3O2. The highest BCUT2D eigenvalue weighted by molar-refractivity contribution is 5.85. The first-order chi connectivity index (χ1) is 7.72.